The Kier molecular flexibility index (Phi) is 2.10. The van der Waals surface area contributed by atoms with Crippen molar-refractivity contribution in [2.45, 2.75) is 26.7 Å². The summed E-state index contributed by atoms with van der Waals surface area (Å²) in [5.41, 5.74) is 2.53. The number of aryl methyl sites for hydroxylation is 2. The number of hydrogen-bond donors (Lipinski definition) is 0. The molecule has 0 spiro atoms. The predicted octanol–water partition coefficient (Wildman–Crippen LogP) is 1.68. The van der Waals surface area contributed by atoms with E-state index < -0.39 is 0 Å². The molecule has 0 aliphatic heterocycles. The highest BCUT2D eigenvalue weighted by molar-refractivity contribution is 5.10. The van der Waals surface area contributed by atoms with Crippen LogP contribution >= 0.6 is 0 Å². The van der Waals surface area contributed by atoms with E-state index in [2.05, 4.69) is 23.4 Å². The molecule has 0 aliphatic rings. The Balaban J connectivity index is 2.87. The Morgan fingerprint density at radius 2 is 2.30 bits per heavy atom. The van der Waals surface area contributed by atoms with Gasteiger partial charge in [-0.15, -0.1) is 0 Å². The molecule has 0 bridgehead atoms. The van der Waals surface area contributed by atoms with E-state index in [-0.39, 0.29) is 0 Å². The first kappa shape index (κ1) is 7.32. The summed E-state index contributed by atoms with van der Waals surface area (Å²) in [6, 6.07) is 0. The highest BCUT2D eigenvalue weighted by Gasteiger charge is 2.00. The van der Waals surface area contributed by atoms with Gasteiger partial charge in [-0.05, 0) is 13.3 Å². The number of imidazole rings is 1. The summed E-state index contributed by atoms with van der Waals surface area (Å²) in [5, 5.41) is 0. The number of nitrogens with zero attached hydrogens (tertiary/aromatic N) is 2. The molecule has 0 N–H and O–H groups in total. The van der Waals surface area contributed by atoms with Gasteiger partial charge >= 0.3 is 0 Å². The van der Waals surface area contributed by atoms with Gasteiger partial charge in [0.15, 0.2) is 0 Å². The minimum atomic E-state index is 1.14. The van der Waals surface area contributed by atoms with Crippen molar-refractivity contribution < 1.29 is 0 Å². The zero-order valence-electron chi connectivity index (χ0n) is 6.89. The summed E-state index contributed by atoms with van der Waals surface area (Å²) in [5.74, 6) is 0. The number of aromatic nitrogens is 2. The molecule has 0 unspecified atom stereocenters. The smallest absolute Gasteiger partial charge is 0.0948 e. The molecule has 0 saturated carbocycles. The van der Waals surface area contributed by atoms with E-state index in [4.69, 9.17) is 0 Å². The first-order valence-corrected chi connectivity index (χ1v) is 3.72. The second-order valence-electron chi connectivity index (χ2n) is 2.64. The molecule has 0 fully saturated rings. The maximum atomic E-state index is 4.20. The lowest BCUT2D eigenvalue weighted by molar-refractivity contribution is 0.780. The van der Waals surface area contributed by atoms with E-state index in [1.165, 1.54) is 17.8 Å². The van der Waals surface area contributed by atoms with Crippen molar-refractivity contribution >= 4 is 0 Å². The first-order valence-electron chi connectivity index (χ1n) is 3.72. The fourth-order valence-corrected chi connectivity index (χ4v) is 1.17. The van der Waals surface area contributed by atoms with Gasteiger partial charge in [-0.1, -0.05) is 13.3 Å². The molecule has 0 aromatic carbocycles. The van der Waals surface area contributed by atoms with Crippen molar-refractivity contribution in [2.24, 2.45) is 7.05 Å². The van der Waals surface area contributed by atoms with Crippen molar-refractivity contribution in [3.05, 3.63) is 17.7 Å². The van der Waals surface area contributed by atoms with Crippen LogP contribution in [0.25, 0.3) is 0 Å². The summed E-state index contributed by atoms with van der Waals surface area (Å²) in [6.07, 6.45) is 4.21. The van der Waals surface area contributed by atoms with Crippen molar-refractivity contribution in [2.75, 3.05) is 0 Å². The van der Waals surface area contributed by atoms with Crippen LogP contribution in [-0.4, -0.2) is 9.55 Å². The minimum absolute atomic E-state index is 1.14. The number of hydrogen-bond acceptors (Lipinski definition) is 1. The van der Waals surface area contributed by atoms with Crippen LogP contribution in [0.1, 0.15) is 24.7 Å². The lowest BCUT2D eigenvalue weighted by atomic mass is 10.2. The van der Waals surface area contributed by atoms with Crippen molar-refractivity contribution in [3.8, 4) is 0 Å². The fourth-order valence-electron chi connectivity index (χ4n) is 1.17. The molecule has 56 valence electrons. The summed E-state index contributed by atoms with van der Waals surface area (Å²) >= 11 is 0. The van der Waals surface area contributed by atoms with Gasteiger partial charge in [0.2, 0.25) is 0 Å². The Hall–Kier alpha value is -0.790. The van der Waals surface area contributed by atoms with Crippen molar-refractivity contribution in [1.82, 2.24) is 9.55 Å². The molecular weight excluding hydrogens is 124 g/mol. The Bertz CT molecular complexity index is 194. The minimum Gasteiger partial charge on any atom is -0.337 e. The van der Waals surface area contributed by atoms with Crippen LogP contribution in [0.5, 0.6) is 0 Å². The van der Waals surface area contributed by atoms with Gasteiger partial charge in [0.25, 0.3) is 0 Å². The molecule has 2 heteroatoms. The predicted molar refractivity (Wildman–Crippen MR) is 41.9 cm³/mol. The molecule has 1 aromatic heterocycles. The van der Waals surface area contributed by atoms with E-state index >= 15 is 0 Å². The van der Waals surface area contributed by atoms with Crippen LogP contribution in [0.2, 0.25) is 0 Å². The van der Waals surface area contributed by atoms with E-state index in [0.29, 0.717) is 0 Å². The highest BCUT2D eigenvalue weighted by Crippen LogP contribution is 2.06. The van der Waals surface area contributed by atoms with E-state index in [1.807, 2.05) is 13.4 Å². The normalized spacial score (nSPS) is 10.3. The fraction of sp³-hybridized carbons (Fsp3) is 0.625. The second kappa shape index (κ2) is 2.86. The molecule has 0 radical (unpaired) electrons. The van der Waals surface area contributed by atoms with Gasteiger partial charge in [0, 0.05) is 12.7 Å². The third kappa shape index (κ3) is 1.20. The lowest BCUT2D eigenvalue weighted by Crippen LogP contribution is -1.95. The van der Waals surface area contributed by atoms with Crippen LogP contribution in [0.3, 0.4) is 0 Å². The number of rotatable bonds is 2. The average molecular weight is 138 g/mol. The summed E-state index contributed by atoms with van der Waals surface area (Å²) in [7, 11) is 2.05. The van der Waals surface area contributed by atoms with Gasteiger partial charge < -0.3 is 4.57 Å². The molecular formula is C8H14N2. The van der Waals surface area contributed by atoms with Crippen molar-refractivity contribution in [3.63, 3.8) is 0 Å². The molecule has 0 atom stereocenters. The van der Waals surface area contributed by atoms with Crippen LogP contribution in [0, 0.1) is 6.92 Å². The largest absolute Gasteiger partial charge is 0.337 e. The maximum absolute atomic E-state index is 4.20. The molecule has 1 aromatic rings. The Morgan fingerprint density at radius 3 is 2.70 bits per heavy atom. The molecule has 1 heterocycles. The van der Waals surface area contributed by atoms with Gasteiger partial charge in [0.1, 0.15) is 0 Å². The van der Waals surface area contributed by atoms with Crippen LogP contribution in [-0.2, 0) is 13.5 Å². The SMILES string of the molecule is CCCc1c(C)ncn1C. The standard InChI is InChI=1S/C8H14N2/c1-4-5-8-7(2)9-6-10(8)3/h6H,4-5H2,1-3H3. The summed E-state index contributed by atoms with van der Waals surface area (Å²) in [4.78, 5) is 4.20. The topological polar surface area (TPSA) is 17.8 Å². The highest BCUT2D eigenvalue weighted by atomic mass is 15.0. The van der Waals surface area contributed by atoms with E-state index in [0.717, 1.165) is 6.42 Å². The second-order valence-corrected chi connectivity index (χ2v) is 2.64. The third-order valence-electron chi connectivity index (χ3n) is 1.75. The van der Waals surface area contributed by atoms with Crippen LogP contribution < -0.4 is 0 Å². The molecule has 0 amide bonds. The lowest BCUT2D eigenvalue weighted by Gasteiger charge is -1.99. The molecule has 10 heavy (non-hydrogen) atoms. The Labute approximate surface area is 61.9 Å². The average Bonchev–Trinajstić information content (AvgIpc) is 2.20. The van der Waals surface area contributed by atoms with Crippen LogP contribution in [0.4, 0.5) is 0 Å². The van der Waals surface area contributed by atoms with Gasteiger partial charge in [0.05, 0.1) is 12.0 Å². The molecule has 1 rings (SSSR count). The van der Waals surface area contributed by atoms with Gasteiger partial charge in [-0.3, -0.25) is 0 Å². The molecule has 0 saturated heterocycles. The first-order chi connectivity index (χ1) is 4.75. The quantitative estimate of drug-likeness (QED) is 0.608. The van der Waals surface area contributed by atoms with E-state index in [1.54, 1.807) is 0 Å². The van der Waals surface area contributed by atoms with Crippen LogP contribution in [0.15, 0.2) is 6.33 Å². The van der Waals surface area contributed by atoms with Gasteiger partial charge in [-0.2, -0.15) is 0 Å². The maximum Gasteiger partial charge on any atom is 0.0948 e. The molecule has 2 nitrogen and oxygen atoms in total. The van der Waals surface area contributed by atoms with E-state index in [9.17, 15) is 0 Å². The summed E-state index contributed by atoms with van der Waals surface area (Å²) < 4.78 is 2.10. The zero-order valence-corrected chi connectivity index (χ0v) is 6.89. The molecule has 0 aliphatic carbocycles. The Morgan fingerprint density at radius 1 is 1.60 bits per heavy atom. The van der Waals surface area contributed by atoms with Gasteiger partial charge in [-0.25, -0.2) is 4.98 Å². The zero-order chi connectivity index (χ0) is 7.56. The van der Waals surface area contributed by atoms with Crippen molar-refractivity contribution in [1.29, 1.82) is 0 Å². The third-order valence-corrected chi connectivity index (χ3v) is 1.75. The summed E-state index contributed by atoms with van der Waals surface area (Å²) in [6.45, 7) is 4.25. The monoisotopic (exact) mass is 138 g/mol.